The van der Waals surface area contributed by atoms with Gasteiger partial charge in [-0.1, -0.05) is 12.1 Å². The molecule has 0 aromatic heterocycles. The molecule has 0 atom stereocenters. The van der Waals surface area contributed by atoms with Crippen LogP contribution in [0.3, 0.4) is 0 Å². The number of Topliss-reactive ketones (excluding diaryl/α,β-unsaturated/α-hetero) is 1. The molecule has 22 heavy (non-hydrogen) atoms. The Morgan fingerprint density at radius 2 is 1.86 bits per heavy atom. The lowest BCUT2D eigenvalue weighted by molar-refractivity contribution is 0.0951. The Balaban J connectivity index is 2.14. The molecule has 1 aliphatic rings. The molecule has 0 radical (unpaired) electrons. The van der Waals surface area contributed by atoms with Crippen molar-refractivity contribution in [2.75, 3.05) is 14.2 Å². The van der Waals surface area contributed by atoms with Gasteiger partial charge in [-0.25, -0.2) is 0 Å². The molecule has 0 saturated heterocycles. The summed E-state index contributed by atoms with van der Waals surface area (Å²) in [7, 11) is 3.10. The molecule has 3 rings (SSSR count). The van der Waals surface area contributed by atoms with Gasteiger partial charge in [0.1, 0.15) is 11.5 Å². The van der Waals surface area contributed by atoms with E-state index in [2.05, 4.69) is 0 Å². The smallest absolute Gasteiger partial charge is 0.228 e. The molecule has 0 spiro atoms. The molecule has 2 aromatic carbocycles. The first kappa shape index (κ1) is 14.2. The number of hydrogen-bond acceptors (Lipinski definition) is 4. The van der Waals surface area contributed by atoms with E-state index in [9.17, 15) is 9.90 Å². The van der Waals surface area contributed by atoms with Gasteiger partial charge in [-0.05, 0) is 41.5 Å². The lowest BCUT2D eigenvalue weighted by Gasteiger charge is -2.21. The molecule has 4 nitrogen and oxygen atoms in total. The van der Waals surface area contributed by atoms with Crippen molar-refractivity contribution in [1.82, 2.24) is 0 Å². The first-order valence-corrected chi connectivity index (χ1v) is 6.92. The van der Waals surface area contributed by atoms with Gasteiger partial charge in [0.25, 0.3) is 0 Å². The van der Waals surface area contributed by atoms with Gasteiger partial charge in [-0.15, -0.1) is 0 Å². The lowest BCUT2D eigenvalue weighted by Crippen LogP contribution is -2.17. The van der Waals surface area contributed by atoms with Gasteiger partial charge in [0.05, 0.1) is 14.2 Å². The third-order valence-electron chi connectivity index (χ3n) is 3.80. The zero-order chi connectivity index (χ0) is 15.7. The van der Waals surface area contributed by atoms with E-state index in [0.717, 1.165) is 22.4 Å². The fourth-order valence-corrected chi connectivity index (χ4v) is 2.74. The maximum Gasteiger partial charge on any atom is 0.228 e. The van der Waals surface area contributed by atoms with Gasteiger partial charge in [-0.3, -0.25) is 4.79 Å². The summed E-state index contributed by atoms with van der Waals surface area (Å²) in [5.74, 6) is 1.04. The third kappa shape index (κ3) is 2.33. The van der Waals surface area contributed by atoms with Crippen molar-refractivity contribution in [1.29, 1.82) is 0 Å². The Bertz CT molecular complexity index is 774. The van der Waals surface area contributed by atoms with Crippen LogP contribution in [0.25, 0.3) is 5.57 Å². The van der Waals surface area contributed by atoms with Crippen LogP contribution in [0, 0.1) is 0 Å². The standard InChI is InChI=1S/C18H16O4/c1-21-14-5-3-4-11(9-14)16-10-12-8-13(19)6-7-15(12)17(20)18(16)22-2/h3-9,19H,10H2,1-2H3. The molecule has 0 aliphatic heterocycles. The van der Waals surface area contributed by atoms with Crippen molar-refractivity contribution in [3.05, 3.63) is 64.9 Å². The fourth-order valence-electron chi connectivity index (χ4n) is 2.74. The SMILES string of the molecule is COC1=C(c2cccc(OC)c2)Cc2cc(O)ccc2C1=O. The van der Waals surface area contributed by atoms with E-state index >= 15 is 0 Å². The summed E-state index contributed by atoms with van der Waals surface area (Å²) in [5, 5.41) is 9.66. The van der Waals surface area contributed by atoms with Crippen molar-refractivity contribution in [2.45, 2.75) is 6.42 Å². The predicted molar refractivity (Wildman–Crippen MR) is 83.1 cm³/mol. The minimum atomic E-state index is -0.165. The van der Waals surface area contributed by atoms with Crippen molar-refractivity contribution in [3.8, 4) is 11.5 Å². The minimum absolute atomic E-state index is 0.150. The van der Waals surface area contributed by atoms with E-state index in [-0.39, 0.29) is 11.5 Å². The Morgan fingerprint density at radius 1 is 1.05 bits per heavy atom. The van der Waals surface area contributed by atoms with Crippen LogP contribution >= 0.6 is 0 Å². The molecule has 1 N–H and O–H groups in total. The van der Waals surface area contributed by atoms with Crippen LogP contribution in [0.15, 0.2) is 48.2 Å². The summed E-state index contributed by atoms with van der Waals surface area (Å²) in [6, 6.07) is 12.3. The molecule has 0 amide bonds. The number of phenolic OH excluding ortho intramolecular Hbond substituents is 1. The number of allylic oxidation sites excluding steroid dienone is 2. The highest BCUT2D eigenvalue weighted by Gasteiger charge is 2.28. The summed E-state index contributed by atoms with van der Waals surface area (Å²) in [4.78, 5) is 12.6. The Labute approximate surface area is 128 Å². The highest BCUT2D eigenvalue weighted by molar-refractivity contribution is 6.15. The van der Waals surface area contributed by atoms with Crippen LogP contribution in [0.5, 0.6) is 11.5 Å². The summed E-state index contributed by atoms with van der Waals surface area (Å²) in [6.45, 7) is 0. The van der Waals surface area contributed by atoms with E-state index < -0.39 is 0 Å². The van der Waals surface area contributed by atoms with E-state index in [4.69, 9.17) is 9.47 Å². The molecular formula is C18H16O4. The summed E-state index contributed by atoms with van der Waals surface area (Å²) < 4.78 is 10.6. The highest BCUT2D eigenvalue weighted by Crippen LogP contribution is 2.35. The number of ketones is 1. The number of methoxy groups -OCH3 is 2. The third-order valence-corrected chi connectivity index (χ3v) is 3.80. The molecular weight excluding hydrogens is 280 g/mol. The maximum atomic E-state index is 12.6. The number of hydrogen-bond donors (Lipinski definition) is 1. The first-order valence-electron chi connectivity index (χ1n) is 6.92. The summed E-state index contributed by atoms with van der Waals surface area (Å²) in [6.07, 6.45) is 0.520. The van der Waals surface area contributed by atoms with Crippen LogP contribution in [0.2, 0.25) is 0 Å². The lowest BCUT2D eigenvalue weighted by atomic mass is 9.86. The van der Waals surface area contributed by atoms with Crippen molar-refractivity contribution in [2.24, 2.45) is 0 Å². The fraction of sp³-hybridized carbons (Fsp3) is 0.167. The van der Waals surface area contributed by atoms with Gasteiger partial charge in [0.2, 0.25) is 5.78 Å². The number of benzene rings is 2. The molecule has 0 fully saturated rings. The second kappa shape index (κ2) is 5.56. The summed E-state index contributed by atoms with van der Waals surface area (Å²) >= 11 is 0. The molecule has 0 saturated carbocycles. The first-order chi connectivity index (χ1) is 10.6. The van der Waals surface area contributed by atoms with Crippen molar-refractivity contribution in [3.63, 3.8) is 0 Å². The average Bonchev–Trinajstić information content (AvgIpc) is 2.54. The van der Waals surface area contributed by atoms with E-state index in [1.165, 1.54) is 13.2 Å². The number of fused-ring (bicyclic) bond motifs is 1. The molecule has 0 heterocycles. The summed E-state index contributed by atoms with van der Waals surface area (Å²) in [5.41, 5.74) is 3.04. The normalized spacial score (nSPS) is 13.8. The number of carbonyl (C=O) groups excluding carboxylic acids is 1. The van der Waals surface area contributed by atoms with Gasteiger partial charge in [0.15, 0.2) is 5.76 Å². The number of phenols is 1. The van der Waals surface area contributed by atoms with Gasteiger partial charge in [0, 0.05) is 17.6 Å². The number of aromatic hydroxyl groups is 1. The van der Waals surface area contributed by atoms with E-state index in [0.29, 0.717) is 17.7 Å². The predicted octanol–water partition coefficient (Wildman–Crippen LogP) is 3.20. The Hall–Kier alpha value is -2.75. The topological polar surface area (TPSA) is 55.8 Å². The molecule has 0 bridgehead atoms. The number of ether oxygens (including phenoxy) is 2. The van der Waals surface area contributed by atoms with Crippen LogP contribution < -0.4 is 4.74 Å². The van der Waals surface area contributed by atoms with Crippen LogP contribution in [0.4, 0.5) is 0 Å². The average molecular weight is 296 g/mol. The molecule has 4 heteroatoms. The van der Waals surface area contributed by atoms with E-state index in [1.807, 2.05) is 24.3 Å². The van der Waals surface area contributed by atoms with Gasteiger partial charge >= 0.3 is 0 Å². The highest BCUT2D eigenvalue weighted by atomic mass is 16.5. The van der Waals surface area contributed by atoms with Crippen LogP contribution in [0.1, 0.15) is 21.5 Å². The van der Waals surface area contributed by atoms with Crippen molar-refractivity contribution < 1.29 is 19.4 Å². The molecule has 2 aromatic rings. The number of carbonyl (C=O) groups is 1. The monoisotopic (exact) mass is 296 g/mol. The van der Waals surface area contributed by atoms with Crippen molar-refractivity contribution >= 4 is 11.4 Å². The zero-order valence-electron chi connectivity index (χ0n) is 12.4. The van der Waals surface area contributed by atoms with Crippen LogP contribution in [-0.2, 0) is 11.2 Å². The quantitative estimate of drug-likeness (QED) is 0.945. The molecule has 1 aliphatic carbocycles. The second-order valence-corrected chi connectivity index (χ2v) is 5.09. The molecule has 0 unspecified atom stereocenters. The Kier molecular flexibility index (Phi) is 3.59. The minimum Gasteiger partial charge on any atom is -0.508 e. The van der Waals surface area contributed by atoms with E-state index in [1.54, 1.807) is 19.2 Å². The largest absolute Gasteiger partial charge is 0.508 e. The Morgan fingerprint density at radius 3 is 2.59 bits per heavy atom. The second-order valence-electron chi connectivity index (χ2n) is 5.09. The molecule has 112 valence electrons. The van der Waals surface area contributed by atoms with Crippen LogP contribution in [-0.4, -0.2) is 25.1 Å². The van der Waals surface area contributed by atoms with Gasteiger partial charge in [-0.2, -0.15) is 0 Å². The maximum absolute atomic E-state index is 12.6. The zero-order valence-corrected chi connectivity index (χ0v) is 12.4. The van der Waals surface area contributed by atoms with Gasteiger partial charge < -0.3 is 14.6 Å². The number of rotatable bonds is 3.